The first-order valence-corrected chi connectivity index (χ1v) is 5.56. The average Bonchev–Trinajstić information content (AvgIpc) is 2.17. The first kappa shape index (κ1) is 13.3. The molecule has 0 aliphatic heterocycles. The number of carbonyl (C=O) groups excluding carboxylic acids is 1. The molecule has 3 nitrogen and oxygen atoms in total. The highest BCUT2D eigenvalue weighted by atomic mass is 79.9. The highest BCUT2D eigenvalue weighted by molar-refractivity contribution is 9.10. The molecule has 88 valence electrons. The van der Waals surface area contributed by atoms with Crippen molar-refractivity contribution in [3.8, 4) is 0 Å². The Balaban J connectivity index is 2.73. The predicted octanol–water partition coefficient (Wildman–Crippen LogP) is 2.13. The zero-order valence-corrected chi connectivity index (χ0v) is 10.5. The molecule has 0 aromatic heterocycles. The van der Waals surface area contributed by atoms with Crippen molar-refractivity contribution >= 4 is 21.7 Å². The minimum atomic E-state index is -0.385. The van der Waals surface area contributed by atoms with Crippen molar-refractivity contribution in [1.82, 2.24) is 0 Å². The van der Waals surface area contributed by atoms with E-state index in [9.17, 15) is 9.18 Å². The van der Waals surface area contributed by atoms with E-state index in [-0.39, 0.29) is 24.1 Å². The molecule has 5 heteroatoms. The van der Waals surface area contributed by atoms with E-state index in [4.69, 9.17) is 10.5 Å². The SMILES string of the molecule is COCC(N)CC(=O)c1ccc(F)cc1Br. The molecule has 2 N–H and O–H groups in total. The van der Waals surface area contributed by atoms with Gasteiger partial charge in [0, 0.05) is 29.6 Å². The van der Waals surface area contributed by atoms with Gasteiger partial charge in [-0.3, -0.25) is 4.79 Å². The second kappa shape index (κ2) is 6.08. The van der Waals surface area contributed by atoms with Gasteiger partial charge in [-0.2, -0.15) is 0 Å². The van der Waals surface area contributed by atoms with Crippen LogP contribution in [0.15, 0.2) is 22.7 Å². The Morgan fingerprint density at radius 1 is 1.62 bits per heavy atom. The van der Waals surface area contributed by atoms with E-state index in [0.29, 0.717) is 16.6 Å². The monoisotopic (exact) mass is 289 g/mol. The third-order valence-electron chi connectivity index (χ3n) is 2.06. The Bertz CT molecular complexity index is 384. The molecule has 0 spiro atoms. The minimum Gasteiger partial charge on any atom is -0.383 e. The molecule has 0 heterocycles. The molecule has 0 amide bonds. The summed E-state index contributed by atoms with van der Waals surface area (Å²) in [6.45, 7) is 0.324. The van der Waals surface area contributed by atoms with Gasteiger partial charge in [-0.15, -0.1) is 0 Å². The number of ether oxygens (including phenoxy) is 1. The van der Waals surface area contributed by atoms with Crippen molar-refractivity contribution in [3.63, 3.8) is 0 Å². The standard InChI is InChI=1S/C11H13BrFNO2/c1-16-6-8(14)5-11(15)9-3-2-7(13)4-10(9)12/h2-4,8H,5-6,14H2,1H3. The molecule has 16 heavy (non-hydrogen) atoms. The largest absolute Gasteiger partial charge is 0.383 e. The highest BCUT2D eigenvalue weighted by Crippen LogP contribution is 2.19. The number of methoxy groups -OCH3 is 1. The van der Waals surface area contributed by atoms with Crippen LogP contribution in [0, 0.1) is 5.82 Å². The van der Waals surface area contributed by atoms with E-state index >= 15 is 0 Å². The predicted molar refractivity (Wildman–Crippen MR) is 62.9 cm³/mol. The van der Waals surface area contributed by atoms with Crippen LogP contribution in [0.3, 0.4) is 0 Å². The zero-order valence-electron chi connectivity index (χ0n) is 8.87. The lowest BCUT2D eigenvalue weighted by Crippen LogP contribution is -2.28. The molecular formula is C11H13BrFNO2. The molecule has 1 rings (SSSR count). The lowest BCUT2D eigenvalue weighted by Gasteiger charge is -2.10. The molecule has 0 saturated heterocycles. The van der Waals surface area contributed by atoms with Gasteiger partial charge in [0.25, 0.3) is 0 Å². The van der Waals surface area contributed by atoms with Crippen LogP contribution in [0.1, 0.15) is 16.8 Å². The molecule has 0 radical (unpaired) electrons. The van der Waals surface area contributed by atoms with E-state index in [1.54, 1.807) is 0 Å². The molecular weight excluding hydrogens is 277 g/mol. The van der Waals surface area contributed by atoms with Crippen molar-refractivity contribution < 1.29 is 13.9 Å². The molecule has 0 aliphatic rings. The van der Waals surface area contributed by atoms with E-state index in [2.05, 4.69) is 15.9 Å². The number of benzene rings is 1. The van der Waals surface area contributed by atoms with Gasteiger partial charge < -0.3 is 10.5 Å². The maximum Gasteiger partial charge on any atom is 0.165 e. The van der Waals surface area contributed by atoms with Gasteiger partial charge in [0.1, 0.15) is 5.82 Å². The number of hydrogen-bond acceptors (Lipinski definition) is 3. The van der Waals surface area contributed by atoms with Crippen molar-refractivity contribution in [2.24, 2.45) is 5.73 Å². The zero-order chi connectivity index (χ0) is 12.1. The fourth-order valence-corrected chi connectivity index (χ4v) is 1.91. The topological polar surface area (TPSA) is 52.3 Å². The normalized spacial score (nSPS) is 12.5. The minimum absolute atomic E-state index is 0.128. The number of carbonyl (C=O) groups is 1. The van der Waals surface area contributed by atoms with Crippen LogP contribution in [0.2, 0.25) is 0 Å². The maximum absolute atomic E-state index is 12.8. The fourth-order valence-electron chi connectivity index (χ4n) is 1.34. The molecule has 0 bridgehead atoms. The van der Waals surface area contributed by atoms with Crippen LogP contribution in [0.25, 0.3) is 0 Å². The van der Waals surface area contributed by atoms with E-state index < -0.39 is 0 Å². The van der Waals surface area contributed by atoms with Crippen LogP contribution in [0.5, 0.6) is 0 Å². The maximum atomic E-state index is 12.8. The molecule has 1 aromatic rings. The Morgan fingerprint density at radius 2 is 2.31 bits per heavy atom. The summed E-state index contributed by atoms with van der Waals surface area (Å²) in [5.41, 5.74) is 6.11. The summed E-state index contributed by atoms with van der Waals surface area (Å²) >= 11 is 3.14. The lowest BCUT2D eigenvalue weighted by molar-refractivity contribution is 0.0948. The Labute approximate surface area is 102 Å². The Hall–Kier alpha value is -0.780. The molecule has 0 saturated carbocycles. The van der Waals surface area contributed by atoms with Crippen LogP contribution in [0.4, 0.5) is 4.39 Å². The summed E-state index contributed by atoms with van der Waals surface area (Å²) < 4.78 is 18.1. The van der Waals surface area contributed by atoms with Crippen molar-refractivity contribution in [3.05, 3.63) is 34.1 Å². The third kappa shape index (κ3) is 3.66. The van der Waals surface area contributed by atoms with E-state index in [1.165, 1.54) is 25.3 Å². The van der Waals surface area contributed by atoms with Crippen LogP contribution < -0.4 is 5.73 Å². The van der Waals surface area contributed by atoms with Crippen LogP contribution >= 0.6 is 15.9 Å². The summed E-state index contributed by atoms with van der Waals surface area (Å²) in [5.74, 6) is -0.513. The van der Waals surface area contributed by atoms with Gasteiger partial charge in [0.05, 0.1) is 6.61 Å². The smallest absolute Gasteiger partial charge is 0.165 e. The summed E-state index contributed by atoms with van der Waals surface area (Å²) in [6.07, 6.45) is 0.179. The van der Waals surface area contributed by atoms with E-state index in [1.807, 2.05) is 0 Å². The highest BCUT2D eigenvalue weighted by Gasteiger charge is 2.14. The first-order valence-electron chi connectivity index (χ1n) is 4.77. The molecule has 0 fully saturated rings. The molecule has 0 aliphatic carbocycles. The van der Waals surface area contributed by atoms with Crippen LogP contribution in [-0.4, -0.2) is 25.5 Å². The average molecular weight is 290 g/mol. The van der Waals surface area contributed by atoms with Crippen molar-refractivity contribution in [2.45, 2.75) is 12.5 Å². The Kier molecular flexibility index (Phi) is 5.05. The number of nitrogens with two attached hydrogens (primary N) is 1. The number of ketones is 1. The molecule has 1 atom stereocenters. The summed E-state index contributed by atoms with van der Waals surface area (Å²) in [6, 6.07) is 3.62. The van der Waals surface area contributed by atoms with Gasteiger partial charge in [-0.1, -0.05) is 0 Å². The quantitative estimate of drug-likeness (QED) is 0.845. The third-order valence-corrected chi connectivity index (χ3v) is 2.72. The van der Waals surface area contributed by atoms with Gasteiger partial charge in [-0.05, 0) is 34.1 Å². The van der Waals surface area contributed by atoms with Crippen molar-refractivity contribution in [1.29, 1.82) is 0 Å². The number of hydrogen-bond donors (Lipinski definition) is 1. The molecule has 1 aromatic carbocycles. The van der Waals surface area contributed by atoms with Gasteiger partial charge in [-0.25, -0.2) is 4.39 Å². The number of halogens is 2. The second-order valence-corrected chi connectivity index (χ2v) is 4.32. The van der Waals surface area contributed by atoms with Crippen molar-refractivity contribution in [2.75, 3.05) is 13.7 Å². The van der Waals surface area contributed by atoms with Gasteiger partial charge >= 0.3 is 0 Å². The fraction of sp³-hybridized carbons (Fsp3) is 0.364. The molecule has 1 unspecified atom stereocenters. The second-order valence-electron chi connectivity index (χ2n) is 3.47. The lowest BCUT2D eigenvalue weighted by atomic mass is 10.0. The summed E-state index contributed by atoms with van der Waals surface area (Å²) in [7, 11) is 1.53. The Morgan fingerprint density at radius 3 is 2.88 bits per heavy atom. The first-order chi connectivity index (χ1) is 7.54. The number of rotatable bonds is 5. The van der Waals surface area contributed by atoms with E-state index in [0.717, 1.165) is 0 Å². The van der Waals surface area contributed by atoms with Crippen LogP contribution in [-0.2, 0) is 4.74 Å². The summed E-state index contributed by atoms with van der Waals surface area (Å²) in [4.78, 5) is 11.8. The van der Waals surface area contributed by atoms with Gasteiger partial charge in [0.15, 0.2) is 5.78 Å². The summed E-state index contributed by atoms with van der Waals surface area (Å²) in [5, 5.41) is 0. The number of Topliss-reactive ketones (excluding diaryl/α,β-unsaturated/α-hetero) is 1. The van der Waals surface area contributed by atoms with Gasteiger partial charge in [0.2, 0.25) is 0 Å².